The van der Waals surface area contributed by atoms with E-state index in [1.165, 1.54) is 6.07 Å². The number of aliphatic hydroxyl groups is 1. The molecule has 0 saturated heterocycles. The highest BCUT2D eigenvalue weighted by Gasteiger charge is 2.22. The summed E-state index contributed by atoms with van der Waals surface area (Å²) in [5.41, 5.74) is -0.992. The van der Waals surface area contributed by atoms with Gasteiger partial charge in [0.15, 0.2) is 9.84 Å². The SMILES string of the molecule is CC(C)(O)CCS(=O)(=O)c1ccccc1Cl. The quantitative estimate of drug-likeness (QED) is 0.906. The van der Waals surface area contributed by atoms with E-state index in [-0.39, 0.29) is 22.1 Å². The number of halogens is 1. The van der Waals surface area contributed by atoms with Crippen LogP contribution in [0.4, 0.5) is 0 Å². The van der Waals surface area contributed by atoms with Crippen LogP contribution < -0.4 is 0 Å². The minimum Gasteiger partial charge on any atom is -0.390 e. The van der Waals surface area contributed by atoms with Gasteiger partial charge in [0.05, 0.1) is 21.3 Å². The van der Waals surface area contributed by atoms with Crippen molar-refractivity contribution in [2.24, 2.45) is 0 Å². The lowest BCUT2D eigenvalue weighted by molar-refractivity contribution is 0.0772. The van der Waals surface area contributed by atoms with Gasteiger partial charge in [-0.25, -0.2) is 8.42 Å². The van der Waals surface area contributed by atoms with E-state index in [0.717, 1.165) is 0 Å². The zero-order chi connectivity index (χ0) is 12.4. The maximum Gasteiger partial charge on any atom is 0.179 e. The van der Waals surface area contributed by atoms with Gasteiger partial charge in [0.1, 0.15) is 0 Å². The normalized spacial score (nSPS) is 12.8. The molecule has 0 fully saturated rings. The summed E-state index contributed by atoms with van der Waals surface area (Å²) in [6.45, 7) is 3.16. The molecule has 0 spiro atoms. The highest BCUT2D eigenvalue weighted by Crippen LogP contribution is 2.23. The molecule has 90 valence electrons. The van der Waals surface area contributed by atoms with Crippen LogP contribution in [0, 0.1) is 0 Å². The van der Waals surface area contributed by atoms with Gasteiger partial charge in [-0.3, -0.25) is 0 Å². The van der Waals surface area contributed by atoms with Crippen molar-refractivity contribution in [3.05, 3.63) is 29.3 Å². The van der Waals surface area contributed by atoms with E-state index in [1.54, 1.807) is 32.0 Å². The largest absolute Gasteiger partial charge is 0.390 e. The van der Waals surface area contributed by atoms with Crippen LogP contribution in [-0.2, 0) is 9.84 Å². The Morgan fingerprint density at radius 3 is 2.38 bits per heavy atom. The van der Waals surface area contributed by atoms with E-state index in [0.29, 0.717) is 0 Å². The van der Waals surface area contributed by atoms with Crippen molar-refractivity contribution in [3.8, 4) is 0 Å². The molecule has 0 aliphatic carbocycles. The van der Waals surface area contributed by atoms with E-state index in [4.69, 9.17) is 11.6 Å². The van der Waals surface area contributed by atoms with Gasteiger partial charge in [-0.15, -0.1) is 0 Å². The predicted octanol–water partition coefficient (Wildman–Crippen LogP) is 2.27. The third-order valence-electron chi connectivity index (χ3n) is 2.15. The summed E-state index contributed by atoms with van der Waals surface area (Å²) in [5.74, 6) is -0.111. The minimum absolute atomic E-state index is 0.111. The molecule has 0 aromatic heterocycles. The third-order valence-corrected chi connectivity index (χ3v) is 4.36. The molecule has 0 unspecified atom stereocenters. The number of hydrogen-bond acceptors (Lipinski definition) is 3. The number of sulfone groups is 1. The molecule has 3 nitrogen and oxygen atoms in total. The van der Waals surface area contributed by atoms with Gasteiger partial charge in [0, 0.05) is 0 Å². The zero-order valence-electron chi connectivity index (χ0n) is 9.27. The van der Waals surface area contributed by atoms with Crippen LogP contribution in [0.1, 0.15) is 20.3 Å². The first-order chi connectivity index (χ1) is 7.22. The summed E-state index contributed by atoms with van der Waals surface area (Å²) in [5, 5.41) is 9.72. The maximum atomic E-state index is 11.9. The molecule has 0 bridgehead atoms. The van der Waals surface area contributed by atoms with Crippen LogP contribution in [0.5, 0.6) is 0 Å². The van der Waals surface area contributed by atoms with Gasteiger partial charge in [-0.05, 0) is 32.4 Å². The van der Waals surface area contributed by atoms with Gasteiger partial charge < -0.3 is 5.11 Å². The smallest absolute Gasteiger partial charge is 0.179 e. The van der Waals surface area contributed by atoms with Gasteiger partial charge in [-0.1, -0.05) is 23.7 Å². The van der Waals surface area contributed by atoms with E-state index in [2.05, 4.69) is 0 Å². The average molecular weight is 263 g/mol. The number of hydrogen-bond donors (Lipinski definition) is 1. The molecule has 1 aromatic carbocycles. The second-order valence-corrected chi connectivity index (χ2v) is 6.80. The van der Waals surface area contributed by atoms with Gasteiger partial charge in [0.25, 0.3) is 0 Å². The average Bonchev–Trinajstić information content (AvgIpc) is 2.14. The summed E-state index contributed by atoms with van der Waals surface area (Å²) in [6.07, 6.45) is 0.181. The molecule has 0 aliphatic heterocycles. The second kappa shape index (κ2) is 4.73. The topological polar surface area (TPSA) is 54.4 Å². The molecule has 16 heavy (non-hydrogen) atoms. The van der Waals surface area contributed by atoms with E-state index in [9.17, 15) is 13.5 Å². The molecule has 0 atom stereocenters. The Bertz CT molecular complexity index is 460. The van der Waals surface area contributed by atoms with E-state index in [1.807, 2.05) is 0 Å². The summed E-state index contributed by atoms with van der Waals surface area (Å²) in [7, 11) is -3.42. The highest BCUT2D eigenvalue weighted by atomic mass is 35.5. The molecule has 0 amide bonds. The summed E-state index contributed by atoms with van der Waals surface area (Å²) in [6, 6.07) is 6.32. The van der Waals surface area contributed by atoms with Crippen LogP contribution >= 0.6 is 11.6 Å². The maximum absolute atomic E-state index is 11.9. The summed E-state index contributed by atoms with van der Waals surface area (Å²) in [4.78, 5) is 0.126. The monoisotopic (exact) mass is 262 g/mol. The number of benzene rings is 1. The molecule has 1 rings (SSSR count). The second-order valence-electron chi connectivity index (χ2n) is 4.31. The van der Waals surface area contributed by atoms with Crippen molar-refractivity contribution < 1.29 is 13.5 Å². The predicted molar refractivity (Wildman–Crippen MR) is 64.4 cm³/mol. The lowest BCUT2D eigenvalue weighted by atomic mass is 10.1. The van der Waals surface area contributed by atoms with Crippen LogP contribution in [0.3, 0.4) is 0 Å². The minimum atomic E-state index is -3.42. The first-order valence-electron chi connectivity index (χ1n) is 4.92. The van der Waals surface area contributed by atoms with Crippen LogP contribution in [0.25, 0.3) is 0 Å². The van der Waals surface area contributed by atoms with E-state index >= 15 is 0 Å². The van der Waals surface area contributed by atoms with Crippen molar-refractivity contribution in [1.29, 1.82) is 0 Å². The van der Waals surface area contributed by atoms with Crippen LogP contribution in [0.15, 0.2) is 29.2 Å². The molecular weight excluding hydrogens is 248 g/mol. The Kier molecular flexibility index (Phi) is 3.99. The molecular formula is C11H15ClO3S. The van der Waals surface area contributed by atoms with E-state index < -0.39 is 15.4 Å². The Balaban J connectivity index is 2.92. The third kappa shape index (κ3) is 3.77. The summed E-state index contributed by atoms with van der Waals surface area (Å²) < 4.78 is 23.8. The lowest BCUT2D eigenvalue weighted by Crippen LogP contribution is -2.23. The first kappa shape index (κ1) is 13.5. The zero-order valence-corrected chi connectivity index (χ0v) is 10.8. The van der Waals surface area contributed by atoms with Crippen molar-refractivity contribution >= 4 is 21.4 Å². The standard InChI is InChI=1S/C11H15ClO3S/c1-11(2,13)7-8-16(14,15)10-6-4-3-5-9(10)12/h3-6,13H,7-8H2,1-2H3. The van der Waals surface area contributed by atoms with Crippen molar-refractivity contribution in [3.63, 3.8) is 0 Å². The molecule has 0 heterocycles. The molecule has 0 saturated carbocycles. The Hall–Kier alpha value is -0.580. The van der Waals surface area contributed by atoms with Gasteiger partial charge in [0.2, 0.25) is 0 Å². The van der Waals surface area contributed by atoms with Crippen LogP contribution in [0.2, 0.25) is 5.02 Å². The van der Waals surface area contributed by atoms with Gasteiger partial charge >= 0.3 is 0 Å². The summed E-state index contributed by atoms with van der Waals surface area (Å²) >= 11 is 5.82. The fourth-order valence-corrected chi connectivity index (χ4v) is 3.32. The Morgan fingerprint density at radius 2 is 1.88 bits per heavy atom. The number of rotatable bonds is 4. The van der Waals surface area contributed by atoms with Gasteiger partial charge in [-0.2, -0.15) is 0 Å². The first-order valence-corrected chi connectivity index (χ1v) is 6.95. The van der Waals surface area contributed by atoms with Crippen molar-refractivity contribution in [1.82, 2.24) is 0 Å². The van der Waals surface area contributed by atoms with Crippen molar-refractivity contribution in [2.45, 2.75) is 30.8 Å². The van der Waals surface area contributed by atoms with Crippen LogP contribution in [-0.4, -0.2) is 24.9 Å². The lowest BCUT2D eigenvalue weighted by Gasteiger charge is -2.16. The molecule has 0 aliphatic rings. The Morgan fingerprint density at radius 1 is 1.31 bits per heavy atom. The van der Waals surface area contributed by atoms with Crippen molar-refractivity contribution in [2.75, 3.05) is 5.75 Å². The molecule has 1 aromatic rings. The Labute approximate surface area is 101 Å². The molecule has 1 N–H and O–H groups in total. The molecule has 5 heteroatoms. The fraction of sp³-hybridized carbons (Fsp3) is 0.455. The molecule has 0 radical (unpaired) electrons. The fourth-order valence-electron chi connectivity index (χ4n) is 1.19. The highest BCUT2D eigenvalue weighted by molar-refractivity contribution is 7.91.